The van der Waals surface area contributed by atoms with Gasteiger partial charge < -0.3 is 9.47 Å². The molecule has 1 aromatic heterocycles. The number of rotatable bonds is 8. The Bertz CT molecular complexity index is 1220. The molecule has 0 amide bonds. The fraction of sp³-hybridized carbons (Fsp3) is 0.273. The molecule has 32 heavy (non-hydrogen) atoms. The minimum absolute atomic E-state index is 0.294. The molecule has 168 valence electrons. The number of sulfonamides is 1. The fourth-order valence-corrected chi connectivity index (χ4v) is 5.75. The molecular weight excluding hydrogens is 448 g/mol. The Morgan fingerprint density at radius 1 is 1.12 bits per heavy atom. The number of ether oxygens (including phenoxy) is 2. The summed E-state index contributed by atoms with van der Waals surface area (Å²) in [5.41, 5.74) is 5.10. The van der Waals surface area contributed by atoms with Gasteiger partial charge in [-0.05, 0) is 37.1 Å². The van der Waals surface area contributed by atoms with E-state index in [0.29, 0.717) is 40.3 Å². The lowest BCUT2D eigenvalue weighted by molar-refractivity contribution is 0.354. The first-order chi connectivity index (χ1) is 15.5. The van der Waals surface area contributed by atoms with Crippen LogP contribution in [0.4, 0.5) is 5.13 Å². The SMILES string of the molecule is COc1cccc(/C=N/Nc2nc(-c3cccc(S(=O)(=O)N4CCCC4)c3)cs2)c1OC. The van der Waals surface area contributed by atoms with Crippen LogP contribution >= 0.6 is 11.3 Å². The second-order valence-electron chi connectivity index (χ2n) is 7.13. The molecular formula is C22H24N4O4S2. The second-order valence-corrected chi connectivity index (χ2v) is 9.93. The number of thiazole rings is 1. The van der Waals surface area contributed by atoms with Gasteiger partial charge in [-0.1, -0.05) is 18.2 Å². The van der Waals surface area contributed by atoms with E-state index in [-0.39, 0.29) is 0 Å². The van der Waals surface area contributed by atoms with Gasteiger partial charge >= 0.3 is 0 Å². The van der Waals surface area contributed by atoms with Crippen molar-refractivity contribution in [3.8, 4) is 22.8 Å². The minimum Gasteiger partial charge on any atom is -0.493 e. The summed E-state index contributed by atoms with van der Waals surface area (Å²) in [4.78, 5) is 4.83. The zero-order valence-electron chi connectivity index (χ0n) is 17.8. The van der Waals surface area contributed by atoms with E-state index < -0.39 is 10.0 Å². The van der Waals surface area contributed by atoms with Gasteiger partial charge in [-0.3, -0.25) is 5.43 Å². The second kappa shape index (κ2) is 9.68. The predicted molar refractivity (Wildman–Crippen MR) is 126 cm³/mol. The van der Waals surface area contributed by atoms with Crippen LogP contribution in [-0.4, -0.2) is 51.2 Å². The average molecular weight is 473 g/mol. The van der Waals surface area contributed by atoms with Gasteiger partial charge in [0, 0.05) is 29.6 Å². The number of hydrogen-bond acceptors (Lipinski definition) is 8. The van der Waals surface area contributed by atoms with Crippen molar-refractivity contribution in [2.45, 2.75) is 17.7 Å². The predicted octanol–water partition coefficient (Wildman–Crippen LogP) is 4.06. The molecule has 0 spiro atoms. The lowest BCUT2D eigenvalue weighted by Gasteiger charge is -2.15. The van der Waals surface area contributed by atoms with E-state index in [9.17, 15) is 8.42 Å². The average Bonchev–Trinajstić information content (AvgIpc) is 3.52. The molecule has 0 aliphatic carbocycles. The standard InChI is InChI=1S/C22H24N4O4S2/c1-29-20-10-6-8-17(21(20)30-2)14-23-25-22-24-19(15-31-22)16-7-5-9-18(13-16)32(27,28)26-11-3-4-12-26/h5-10,13-15H,3-4,11-12H2,1-2H3,(H,24,25)/b23-14+. The molecule has 1 N–H and O–H groups in total. The number of anilines is 1. The number of nitrogens with one attached hydrogen (secondary N) is 1. The maximum absolute atomic E-state index is 12.9. The van der Waals surface area contributed by atoms with Gasteiger partial charge in [0.1, 0.15) is 0 Å². The lowest BCUT2D eigenvalue weighted by Crippen LogP contribution is -2.27. The van der Waals surface area contributed by atoms with Crippen LogP contribution in [0.2, 0.25) is 0 Å². The Balaban J connectivity index is 1.50. The zero-order chi connectivity index (χ0) is 22.6. The first-order valence-electron chi connectivity index (χ1n) is 10.1. The maximum Gasteiger partial charge on any atom is 0.243 e. The number of para-hydroxylation sites is 1. The van der Waals surface area contributed by atoms with Crippen molar-refractivity contribution in [2.75, 3.05) is 32.7 Å². The first-order valence-corrected chi connectivity index (χ1v) is 12.4. The van der Waals surface area contributed by atoms with E-state index in [4.69, 9.17) is 9.47 Å². The third-order valence-corrected chi connectivity index (χ3v) is 7.78. The highest BCUT2D eigenvalue weighted by Gasteiger charge is 2.27. The number of benzene rings is 2. The Kier molecular flexibility index (Phi) is 6.73. The first kappa shape index (κ1) is 22.3. The number of hydrazone groups is 1. The molecule has 0 atom stereocenters. The molecule has 1 aliphatic rings. The van der Waals surface area contributed by atoms with Gasteiger partial charge in [-0.2, -0.15) is 9.41 Å². The van der Waals surface area contributed by atoms with Crippen LogP contribution in [-0.2, 0) is 10.0 Å². The van der Waals surface area contributed by atoms with Gasteiger partial charge in [0.05, 0.1) is 31.0 Å². The van der Waals surface area contributed by atoms with Crippen molar-refractivity contribution >= 4 is 32.7 Å². The van der Waals surface area contributed by atoms with Crippen molar-refractivity contribution in [1.82, 2.24) is 9.29 Å². The van der Waals surface area contributed by atoms with Crippen LogP contribution in [0.3, 0.4) is 0 Å². The Morgan fingerprint density at radius 2 is 1.91 bits per heavy atom. The highest BCUT2D eigenvalue weighted by atomic mass is 32.2. The molecule has 4 rings (SSSR count). The lowest BCUT2D eigenvalue weighted by atomic mass is 10.2. The van der Waals surface area contributed by atoms with Crippen molar-refractivity contribution in [2.24, 2.45) is 5.10 Å². The van der Waals surface area contributed by atoms with Crippen molar-refractivity contribution in [3.63, 3.8) is 0 Å². The van der Waals surface area contributed by atoms with E-state index in [1.165, 1.54) is 11.3 Å². The molecule has 0 radical (unpaired) electrons. The van der Waals surface area contributed by atoms with E-state index in [1.807, 2.05) is 29.6 Å². The van der Waals surface area contributed by atoms with Gasteiger partial charge in [0.2, 0.25) is 15.2 Å². The Morgan fingerprint density at radius 3 is 2.66 bits per heavy atom. The van der Waals surface area contributed by atoms with E-state index in [1.54, 1.807) is 42.9 Å². The normalized spacial score (nSPS) is 14.7. The summed E-state index contributed by atoms with van der Waals surface area (Å²) in [6, 6.07) is 12.4. The van der Waals surface area contributed by atoms with Crippen LogP contribution in [0.15, 0.2) is 57.8 Å². The topological polar surface area (TPSA) is 93.1 Å². The molecule has 1 saturated heterocycles. The van der Waals surface area contributed by atoms with E-state index in [2.05, 4.69) is 15.5 Å². The third-order valence-electron chi connectivity index (χ3n) is 5.13. The number of nitrogens with zero attached hydrogens (tertiary/aromatic N) is 3. The third kappa shape index (κ3) is 4.62. The highest BCUT2D eigenvalue weighted by molar-refractivity contribution is 7.89. The van der Waals surface area contributed by atoms with Crippen LogP contribution in [0, 0.1) is 0 Å². The molecule has 8 nitrogen and oxygen atoms in total. The maximum atomic E-state index is 12.9. The Hall–Kier alpha value is -2.95. The van der Waals surface area contributed by atoms with E-state index in [0.717, 1.165) is 24.0 Å². The Labute approximate surface area is 191 Å². The van der Waals surface area contributed by atoms with Crippen molar-refractivity contribution in [3.05, 3.63) is 53.4 Å². The van der Waals surface area contributed by atoms with Crippen LogP contribution in [0.25, 0.3) is 11.3 Å². The van der Waals surface area contributed by atoms with Gasteiger partial charge in [-0.15, -0.1) is 11.3 Å². The molecule has 0 unspecified atom stereocenters. The molecule has 10 heteroatoms. The minimum atomic E-state index is -3.47. The molecule has 2 heterocycles. The van der Waals surface area contributed by atoms with E-state index >= 15 is 0 Å². The summed E-state index contributed by atoms with van der Waals surface area (Å²) < 4.78 is 37.9. The molecule has 0 bridgehead atoms. The van der Waals surface area contributed by atoms with Crippen molar-refractivity contribution in [1.29, 1.82) is 0 Å². The van der Waals surface area contributed by atoms with Gasteiger partial charge in [0.15, 0.2) is 11.5 Å². The van der Waals surface area contributed by atoms with Gasteiger partial charge in [0.25, 0.3) is 0 Å². The van der Waals surface area contributed by atoms with Crippen LogP contribution < -0.4 is 14.9 Å². The largest absolute Gasteiger partial charge is 0.493 e. The van der Waals surface area contributed by atoms with Crippen molar-refractivity contribution < 1.29 is 17.9 Å². The smallest absolute Gasteiger partial charge is 0.243 e. The molecule has 2 aromatic carbocycles. The van der Waals surface area contributed by atoms with Gasteiger partial charge in [-0.25, -0.2) is 13.4 Å². The molecule has 3 aromatic rings. The highest BCUT2D eigenvalue weighted by Crippen LogP contribution is 2.30. The summed E-state index contributed by atoms with van der Waals surface area (Å²) in [5, 5.41) is 6.70. The van der Waals surface area contributed by atoms with Crippen LogP contribution in [0.5, 0.6) is 11.5 Å². The number of hydrogen-bond donors (Lipinski definition) is 1. The van der Waals surface area contributed by atoms with Crippen LogP contribution in [0.1, 0.15) is 18.4 Å². The summed E-state index contributed by atoms with van der Waals surface area (Å²) >= 11 is 1.38. The molecule has 1 fully saturated rings. The number of aromatic nitrogens is 1. The quantitative estimate of drug-likeness (QED) is 0.393. The molecule has 1 aliphatic heterocycles. The molecule has 0 saturated carbocycles. The number of methoxy groups -OCH3 is 2. The fourth-order valence-electron chi connectivity index (χ4n) is 3.52. The monoisotopic (exact) mass is 472 g/mol. The summed E-state index contributed by atoms with van der Waals surface area (Å²) in [7, 11) is -0.312. The zero-order valence-corrected chi connectivity index (χ0v) is 19.4. The summed E-state index contributed by atoms with van der Waals surface area (Å²) in [6.07, 6.45) is 3.44. The summed E-state index contributed by atoms with van der Waals surface area (Å²) in [6.45, 7) is 1.15. The summed E-state index contributed by atoms with van der Waals surface area (Å²) in [5.74, 6) is 1.22.